The SMILES string of the molecule is C/C=C1\N=CC(Cl)C/C=C/NC(C)=NC/C(C)=C/c2ccccc2C1N1CCNCC1. The third-order valence-electron chi connectivity index (χ3n) is 5.51. The van der Waals surface area contributed by atoms with Gasteiger partial charge in [0.25, 0.3) is 0 Å². The molecule has 2 aliphatic heterocycles. The molecule has 0 amide bonds. The Morgan fingerprint density at radius 1 is 1.16 bits per heavy atom. The molecule has 166 valence electrons. The van der Waals surface area contributed by atoms with E-state index in [9.17, 15) is 0 Å². The van der Waals surface area contributed by atoms with E-state index >= 15 is 0 Å². The fraction of sp³-hybridized carbons (Fsp3) is 0.440. The highest BCUT2D eigenvalue weighted by Gasteiger charge is 2.27. The number of fused-ring (bicyclic) bond motifs is 1. The quantitative estimate of drug-likeness (QED) is 0.631. The van der Waals surface area contributed by atoms with Gasteiger partial charge in [0, 0.05) is 32.4 Å². The topological polar surface area (TPSA) is 52.0 Å². The van der Waals surface area contributed by atoms with Gasteiger partial charge in [0.2, 0.25) is 0 Å². The minimum absolute atomic E-state index is 0.0859. The molecule has 0 spiro atoms. The predicted molar refractivity (Wildman–Crippen MR) is 134 cm³/mol. The second kappa shape index (κ2) is 12.0. The zero-order chi connectivity index (χ0) is 22.1. The standard InChI is InChI=1S/C25H34ClN5/c1-4-24-25(31-14-12-27-13-15-31)23-10-6-5-8-21(23)16-19(2)17-29-20(3)28-11-7-9-22(26)18-30-24/h4-8,10-11,16,18,22,25,27H,9,12-15,17H2,1-3H3,(H,28,29)/b11-7+,19-16+,24-4-,30-18?. The summed E-state index contributed by atoms with van der Waals surface area (Å²) in [5, 5.41) is 6.51. The van der Waals surface area contributed by atoms with Gasteiger partial charge in [-0.05, 0) is 44.5 Å². The Morgan fingerprint density at radius 3 is 2.71 bits per heavy atom. The first kappa shape index (κ1) is 23.5. The third-order valence-corrected chi connectivity index (χ3v) is 5.80. The molecule has 1 aromatic rings. The number of amidine groups is 1. The number of aliphatic imine (C=N–C) groups is 2. The molecule has 2 atom stereocenters. The lowest BCUT2D eigenvalue weighted by atomic mass is 9.94. The van der Waals surface area contributed by atoms with Crippen molar-refractivity contribution in [1.29, 1.82) is 0 Å². The van der Waals surface area contributed by atoms with Gasteiger partial charge in [0.15, 0.2) is 0 Å². The van der Waals surface area contributed by atoms with Gasteiger partial charge < -0.3 is 10.6 Å². The summed E-state index contributed by atoms with van der Waals surface area (Å²) in [5.41, 5.74) is 4.74. The van der Waals surface area contributed by atoms with Crippen molar-refractivity contribution < 1.29 is 0 Å². The molecule has 0 radical (unpaired) electrons. The molecule has 1 fully saturated rings. The number of piperazine rings is 1. The van der Waals surface area contributed by atoms with Crippen LogP contribution in [0.3, 0.4) is 0 Å². The maximum absolute atomic E-state index is 6.54. The molecule has 1 aromatic carbocycles. The maximum Gasteiger partial charge on any atom is 0.0974 e. The smallest absolute Gasteiger partial charge is 0.0974 e. The molecule has 2 N–H and O–H groups in total. The minimum Gasteiger partial charge on any atom is -0.351 e. The Hall–Kier alpha value is -2.21. The lowest BCUT2D eigenvalue weighted by molar-refractivity contribution is 0.194. The Bertz CT molecular complexity index is 878. The molecule has 0 bridgehead atoms. The number of rotatable bonds is 1. The van der Waals surface area contributed by atoms with Crippen LogP contribution in [0.4, 0.5) is 0 Å². The summed E-state index contributed by atoms with van der Waals surface area (Å²) in [6, 6.07) is 8.72. The maximum atomic E-state index is 6.54. The van der Waals surface area contributed by atoms with Gasteiger partial charge >= 0.3 is 0 Å². The van der Waals surface area contributed by atoms with Crippen LogP contribution < -0.4 is 10.6 Å². The van der Waals surface area contributed by atoms with Crippen molar-refractivity contribution in [2.75, 3.05) is 32.7 Å². The van der Waals surface area contributed by atoms with Crippen LogP contribution in [-0.4, -0.2) is 55.1 Å². The van der Waals surface area contributed by atoms with Crippen LogP contribution in [0, 0.1) is 0 Å². The fourth-order valence-electron chi connectivity index (χ4n) is 3.88. The van der Waals surface area contributed by atoms with Crippen molar-refractivity contribution in [3.63, 3.8) is 0 Å². The number of hydrogen-bond acceptors (Lipinski definition) is 5. The van der Waals surface area contributed by atoms with E-state index in [-0.39, 0.29) is 11.4 Å². The van der Waals surface area contributed by atoms with Gasteiger partial charge in [-0.1, -0.05) is 48.1 Å². The molecular weight excluding hydrogens is 406 g/mol. The molecule has 0 aliphatic carbocycles. The monoisotopic (exact) mass is 439 g/mol. The van der Waals surface area contributed by atoms with Crippen LogP contribution in [0.25, 0.3) is 6.08 Å². The van der Waals surface area contributed by atoms with Gasteiger partial charge in [-0.2, -0.15) is 0 Å². The van der Waals surface area contributed by atoms with E-state index in [1.807, 2.05) is 25.4 Å². The van der Waals surface area contributed by atoms with Crippen LogP contribution in [0.2, 0.25) is 0 Å². The lowest BCUT2D eigenvalue weighted by Crippen LogP contribution is -2.45. The Morgan fingerprint density at radius 2 is 1.94 bits per heavy atom. The molecule has 3 rings (SSSR count). The lowest BCUT2D eigenvalue weighted by Gasteiger charge is -2.36. The van der Waals surface area contributed by atoms with E-state index in [4.69, 9.17) is 16.6 Å². The summed E-state index contributed by atoms with van der Waals surface area (Å²) in [5.74, 6) is 0.888. The second-order valence-electron chi connectivity index (χ2n) is 8.00. The van der Waals surface area contributed by atoms with Crippen molar-refractivity contribution in [2.24, 2.45) is 9.98 Å². The highest BCUT2D eigenvalue weighted by molar-refractivity contribution is 6.28. The Balaban J connectivity index is 2.08. The summed E-state index contributed by atoms with van der Waals surface area (Å²) < 4.78 is 0. The van der Waals surface area contributed by atoms with Crippen molar-refractivity contribution in [2.45, 2.75) is 38.6 Å². The molecule has 0 aromatic heterocycles. The van der Waals surface area contributed by atoms with Crippen molar-refractivity contribution >= 4 is 29.7 Å². The zero-order valence-electron chi connectivity index (χ0n) is 18.8. The van der Waals surface area contributed by atoms with E-state index in [2.05, 4.69) is 70.8 Å². The second-order valence-corrected chi connectivity index (χ2v) is 8.56. The van der Waals surface area contributed by atoms with Gasteiger partial charge in [-0.25, -0.2) is 0 Å². The van der Waals surface area contributed by atoms with Crippen molar-refractivity contribution in [3.05, 3.63) is 65.0 Å². The number of benzene rings is 1. The van der Waals surface area contributed by atoms with Crippen LogP contribution in [-0.2, 0) is 0 Å². The largest absolute Gasteiger partial charge is 0.351 e. The molecular formula is C25H34ClN5. The molecule has 2 aliphatic rings. The normalized spacial score (nSPS) is 28.2. The first-order chi connectivity index (χ1) is 15.1. The van der Waals surface area contributed by atoms with Crippen LogP contribution in [0.15, 0.2) is 63.9 Å². The molecule has 5 nitrogen and oxygen atoms in total. The van der Waals surface area contributed by atoms with Gasteiger partial charge in [0.05, 0.1) is 29.5 Å². The van der Waals surface area contributed by atoms with Gasteiger partial charge in [0.1, 0.15) is 0 Å². The molecule has 2 heterocycles. The number of halogens is 1. The van der Waals surface area contributed by atoms with Crippen LogP contribution >= 0.6 is 11.6 Å². The minimum atomic E-state index is -0.167. The van der Waals surface area contributed by atoms with Crippen molar-refractivity contribution in [3.8, 4) is 0 Å². The number of alkyl halides is 1. The molecule has 31 heavy (non-hydrogen) atoms. The first-order valence-corrected chi connectivity index (χ1v) is 11.5. The Labute approximate surface area is 191 Å². The summed E-state index contributed by atoms with van der Waals surface area (Å²) in [6.45, 7) is 10.8. The number of hydrogen-bond donors (Lipinski definition) is 2. The van der Waals surface area contributed by atoms with Gasteiger partial charge in [-0.15, -0.1) is 11.6 Å². The highest BCUT2D eigenvalue weighted by atomic mass is 35.5. The summed E-state index contributed by atoms with van der Waals surface area (Å²) in [6.07, 6.45) is 10.9. The van der Waals surface area contributed by atoms with Crippen molar-refractivity contribution in [1.82, 2.24) is 15.5 Å². The molecule has 1 saturated heterocycles. The predicted octanol–water partition coefficient (Wildman–Crippen LogP) is 4.54. The van der Waals surface area contributed by atoms with E-state index in [1.165, 1.54) is 16.7 Å². The molecule has 0 saturated carbocycles. The van der Waals surface area contributed by atoms with Crippen LogP contribution in [0.1, 0.15) is 44.4 Å². The summed E-state index contributed by atoms with van der Waals surface area (Å²) in [7, 11) is 0. The van der Waals surface area contributed by atoms with Crippen LogP contribution in [0.5, 0.6) is 0 Å². The molecule has 2 unspecified atom stereocenters. The average molecular weight is 440 g/mol. The van der Waals surface area contributed by atoms with E-state index in [1.54, 1.807) is 0 Å². The van der Waals surface area contributed by atoms with Gasteiger partial charge in [-0.3, -0.25) is 14.9 Å². The van der Waals surface area contributed by atoms with E-state index in [0.29, 0.717) is 13.0 Å². The average Bonchev–Trinajstić information content (AvgIpc) is 2.79. The number of nitrogens with one attached hydrogen (secondary N) is 2. The zero-order valence-corrected chi connectivity index (χ0v) is 19.6. The van der Waals surface area contributed by atoms with E-state index < -0.39 is 0 Å². The number of nitrogens with zero attached hydrogens (tertiary/aromatic N) is 3. The number of allylic oxidation sites excluding steroid dienone is 2. The Kier molecular flexibility index (Phi) is 9.07. The fourth-order valence-corrected chi connectivity index (χ4v) is 4.04. The summed E-state index contributed by atoms with van der Waals surface area (Å²) in [4.78, 5) is 12.1. The third kappa shape index (κ3) is 6.89. The first-order valence-electron chi connectivity index (χ1n) is 11.1. The summed E-state index contributed by atoms with van der Waals surface area (Å²) >= 11 is 6.54. The van der Waals surface area contributed by atoms with E-state index in [0.717, 1.165) is 37.7 Å². The molecule has 6 heteroatoms. The highest BCUT2D eigenvalue weighted by Crippen LogP contribution is 2.33.